The molecule has 25 heavy (non-hydrogen) atoms. The lowest BCUT2D eigenvalue weighted by Crippen LogP contribution is -2.15. The molecule has 0 spiro atoms. The van der Waals surface area contributed by atoms with Gasteiger partial charge in [-0.3, -0.25) is 0 Å². The molecule has 0 atom stereocenters. The van der Waals surface area contributed by atoms with Gasteiger partial charge in [0.2, 0.25) is 0 Å². The first-order valence-corrected chi connectivity index (χ1v) is 10.4. The van der Waals surface area contributed by atoms with E-state index in [2.05, 4.69) is 19.1 Å². The first-order valence-electron chi connectivity index (χ1n) is 10.4. The summed E-state index contributed by atoms with van der Waals surface area (Å²) in [6.45, 7) is 1.91. The minimum atomic E-state index is -0.954. The van der Waals surface area contributed by atoms with Crippen LogP contribution in [0.2, 0.25) is 0 Å². The van der Waals surface area contributed by atoms with Crippen molar-refractivity contribution < 1.29 is 20.4 Å². The van der Waals surface area contributed by atoms with E-state index in [-0.39, 0.29) is 13.2 Å². The molecule has 0 aliphatic rings. The van der Waals surface area contributed by atoms with E-state index in [9.17, 15) is 0 Å². The number of rotatable bonds is 17. The molecule has 0 heterocycles. The maximum absolute atomic E-state index is 8.66. The molecule has 0 rings (SSSR count). The van der Waals surface area contributed by atoms with Crippen molar-refractivity contribution in [2.24, 2.45) is 0 Å². The smallest absolute Gasteiger partial charge is 0.100 e. The van der Waals surface area contributed by atoms with Crippen LogP contribution in [0.3, 0.4) is 0 Å². The van der Waals surface area contributed by atoms with E-state index in [0.717, 1.165) is 6.42 Å². The molecule has 0 aromatic carbocycles. The van der Waals surface area contributed by atoms with Crippen molar-refractivity contribution in [3.8, 4) is 0 Å². The van der Waals surface area contributed by atoms with Gasteiger partial charge in [-0.1, -0.05) is 76.9 Å². The number of hydrogen-bond acceptors (Lipinski definition) is 4. The molecule has 0 amide bonds. The summed E-state index contributed by atoms with van der Waals surface area (Å²) in [6, 6.07) is 0. The van der Waals surface area contributed by atoms with Crippen molar-refractivity contribution in [3.63, 3.8) is 0 Å². The first kappa shape index (κ1) is 26.8. The molecule has 0 bridgehead atoms. The van der Waals surface area contributed by atoms with Gasteiger partial charge in [-0.2, -0.15) is 0 Å². The zero-order chi connectivity index (χ0) is 19.0. The van der Waals surface area contributed by atoms with Crippen LogP contribution in [0.25, 0.3) is 0 Å². The average Bonchev–Trinajstić information content (AvgIpc) is 2.64. The van der Waals surface area contributed by atoms with Gasteiger partial charge in [-0.25, -0.2) is 0 Å². The molecule has 4 N–H and O–H groups in total. The zero-order valence-corrected chi connectivity index (χ0v) is 16.5. The van der Waals surface area contributed by atoms with E-state index in [1.165, 1.54) is 83.5 Å². The van der Waals surface area contributed by atoms with Gasteiger partial charge in [-0.15, -0.1) is 0 Å². The van der Waals surface area contributed by atoms with Crippen molar-refractivity contribution in [1.82, 2.24) is 0 Å². The highest BCUT2D eigenvalue weighted by Crippen LogP contribution is 2.09. The largest absolute Gasteiger partial charge is 0.396 e. The van der Waals surface area contributed by atoms with Crippen LogP contribution in [0.5, 0.6) is 0 Å². The fourth-order valence-electron chi connectivity index (χ4n) is 2.42. The Bertz CT molecular complexity index is 240. The minimum Gasteiger partial charge on any atom is -0.396 e. The number of allylic oxidation sites excluding steroid dienone is 2. The first-order chi connectivity index (χ1) is 12.2. The molecule has 0 saturated heterocycles. The van der Waals surface area contributed by atoms with Crippen molar-refractivity contribution in [2.75, 3.05) is 19.8 Å². The third-order valence-electron chi connectivity index (χ3n) is 4.09. The Balaban J connectivity index is 0. The predicted molar refractivity (Wildman–Crippen MR) is 107 cm³/mol. The summed E-state index contributed by atoms with van der Waals surface area (Å²) in [5.74, 6) is 0. The fourth-order valence-corrected chi connectivity index (χ4v) is 2.42. The lowest BCUT2D eigenvalue weighted by atomic mass is 10.1. The summed E-state index contributed by atoms with van der Waals surface area (Å²) < 4.78 is 0. The Kier molecular flexibility index (Phi) is 27.7. The van der Waals surface area contributed by atoms with Crippen LogP contribution in [0.1, 0.15) is 96.8 Å². The van der Waals surface area contributed by atoms with Crippen LogP contribution in [-0.4, -0.2) is 46.4 Å². The SMILES string of the molecule is CCCCCCCC/C=C\CCCCCCCCO.OCC(O)CO. The summed E-state index contributed by atoms with van der Waals surface area (Å²) in [5.41, 5.74) is 0. The quantitative estimate of drug-likeness (QED) is 0.230. The third kappa shape index (κ3) is 28.6. The van der Waals surface area contributed by atoms with Crippen LogP contribution >= 0.6 is 0 Å². The molecule has 4 nitrogen and oxygen atoms in total. The molecule has 0 fully saturated rings. The van der Waals surface area contributed by atoms with Crippen molar-refractivity contribution in [2.45, 2.75) is 103 Å². The summed E-state index contributed by atoms with van der Waals surface area (Å²) >= 11 is 0. The topological polar surface area (TPSA) is 80.9 Å². The molecule has 0 aliphatic heterocycles. The van der Waals surface area contributed by atoms with Gasteiger partial charge in [0, 0.05) is 6.61 Å². The second-order valence-corrected chi connectivity index (χ2v) is 6.68. The van der Waals surface area contributed by atoms with Gasteiger partial charge < -0.3 is 20.4 Å². The highest BCUT2D eigenvalue weighted by Gasteiger charge is 1.94. The van der Waals surface area contributed by atoms with Gasteiger partial charge >= 0.3 is 0 Å². The number of aliphatic hydroxyl groups excluding tert-OH is 4. The summed E-state index contributed by atoms with van der Waals surface area (Å²) in [4.78, 5) is 0. The molecular formula is C21H44O4. The van der Waals surface area contributed by atoms with Crippen molar-refractivity contribution >= 4 is 0 Å². The third-order valence-corrected chi connectivity index (χ3v) is 4.09. The van der Waals surface area contributed by atoms with Crippen LogP contribution in [0, 0.1) is 0 Å². The molecule has 4 heteroatoms. The van der Waals surface area contributed by atoms with Gasteiger partial charge in [0.1, 0.15) is 6.10 Å². The molecule has 0 aromatic heterocycles. The highest BCUT2D eigenvalue weighted by atomic mass is 16.3. The van der Waals surface area contributed by atoms with E-state index in [0.29, 0.717) is 6.61 Å². The molecule has 0 radical (unpaired) electrons. The Morgan fingerprint density at radius 1 is 0.600 bits per heavy atom. The lowest BCUT2D eigenvalue weighted by molar-refractivity contribution is 0.0450. The van der Waals surface area contributed by atoms with Crippen LogP contribution < -0.4 is 0 Å². The lowest BCUT2D eigenvalue weighted by Gasteiger charge is -1.99. The Hall–Kier alpha value is -0.420. The van der Waals surface area contributed by atoms with E-state index in [1.54, 1.807) is 0 Å². The second kappa shape index (κ2) is 25.8. The highest BCUT2D eigenvalue weighted by molar-refractivity contribution is 4.81. The van der Waals surface area contributed by atoms with Gasteiger partial charge in [0.25, 0.3) is 0 Å². The molecule has 152 valence electrons. The standard InChI is InChI=1S/C18H36O.C3H8O3/c1-2-3-4-5-6-7-8-9-10-11-12-13-14-15-16-17-18-19;4-1-3(6)2-5/h9-10,19H,2-8,11-18H2,1H3;3-6H,1-2H2/b10-9-;. The molecule has 0 unspecified atom stereocenters. The molecular weight excluding hydrogens is 316 g/mol. The summed E-state index contributed by atoms with van der Waals surface area (Å²) in [6.07, 6.45) is 22.2. The summed E-state index contributed by atoms with van der Waals surface area (Å²) in [7, 11) is 0. The summed E-state index contributed by atoms with van der Waals surface area (Å²) in [5, 5.41) is 32.7. The van der Waals surface area contributed by atoms with Gasteiger partial charge in [0.15, 0.2) is 0 Å². The van der Waals surface area contributed by atoms with Gasteiger partial charge in [-0.05, 0) is 32.1 Å². The molecule has 0 aromatic rings. The average molecular weight is 361 g/mol. The van der Waals surface area contributed by atoms with E-state index in [4.69, 9.17) is 20.4 Å². The maximum atomic E-state index is 8.66. The molecule has 0 saturated carbocycles. The fraction of sp³-hybridized carbons (Fsp3) is 0.905. The Morgan fingerprint density at radius 3 is 1.36 bits per heavy atom. The Morgan fingerprint density at radius 2 is 1.00 bits per heavy atom. The predicted octanol–water partition coefficient (Wildman–Crippen LogP) is 4.35. The molecule has 0 aliphatic carbocycles. The minimum absolute atomic E-state index is 0.362. The normalized spacial score (nSPS) is 11.1. The van der Waals surface area contributed by atoms with Crippen molar-refractivity contribution in [3.05, 3.63) is 12.2 Å². The zero-order valence-electron chi connectivity index (χ0n) is 16.5. The van der Waals surface area contributed by atoms with E-state index < -0.39 is 6.10 Å². The van der Waals surface area contributed by atoms with E-state index in [1.807, 2.05) is 0 Å². The van der Waals surface area contributed by atoms with Crippen LogP contribution in [0.15, 0.2) is 12.2 Å². The van der Waals surface area contributed by atoms with Crippen LogP contribution in [-0.2, 0) is 0 Å². The van der Waals surface area contributed by atoms with Gasteiger partial charge in [0.05, 0.1) is 13.2 Å². The monoisotopic (exact) mass is 360 g/mol. The second-order valence-electron chi connectivity index (χ2n) is 6.68. The van der Waals surface area contributed by atoms with Crippen LogP contribution in [0.4, 0.5) is 0 Å². The maximum Gasteiger partial charge on any atom is 0.100 e. The number of hydrogen-bond donors (Lipinski definition) is 4. The van der Waals surface area contributed by atoms with E-state index >= 15 is 0 Å². The van der Waals surface area contributed by atoms with Crippen molar-refractivity contribution in [1.29, 1.82) is 0 Å². The Labute approximate surface area is 156 Å². The number of aliphatic hydroxyl groups is 4. The number of unbranched alkanes of at least 4 members (excludes halogenated alkanes) is 12.